The monoisotopic (exact) mass is 207 g/mol. The molecule has 0 amide bonds. The molecule has 0 saturated heterocycles. The summed E-state index contributed by atoms with van der Waals surface area (Å²) in [5.41, 5.74) is 6.28. The van der Waals surface area contributed by atoms with Gasteiger partial charge in [0.05, 0.1) is 4.92 Å². The molecule has 5 heteroatoms. The Morgan fingerprint density at radius 1 is 1.53 bits per heavy atom. The molecule has 0 aromatic heterocycles. The summed E-state index contributed by atoms with van der Waals surface area (Å²) in [6, 6.07) is 4.95. The van der Waals surface area contributed by atoms with Crippen LogP contribution in [0.1, 0.15) is 12.8 Å². The summed E-state index contributed by atoms with van der Waals surface area (Å²) in [4.78, 5) is 10.3. The first kappa shape index (κ1) is 9.76. The molecule has 0 unspecified atom stereocenters. The second kappa shape index (κ2) is 3.76. The first-order valence-electron chi connectivity index (χ1n) is 4.95. The van der Waals surface area contributed by atoms with E-state index >= 15 is 0 Å². The number of anilines is 2. The third-order valence-corrected chi connectivity index (χ3v) is 2.53. The standard InChI is InChI=1S/C10H13N3O2/c11-8-2-1-3-9(10(8)13(14)15)12-6-7-4-5-7/h1-3,7,12H,4-6,11H2. The molecule has 5 nitrogen and oxygen atoms in total. The van der Waals surface area contributed by atoms with E-state index in [1.165, 1.54) is 12.8 Å². The summed E-state index contributed by atoms with van der Waals surface area (Å²) in [5.74, 6) is 0.672. The Bertz CT molecular complexity index is 388. The largest absolute Gasteiger partial charge is 0.393 e. The molecule has 1 aromatic rings. The van der Waals surface area contributed by atoms with E-state index in [4.69, 9.17) is 5.73 Å². The number of rotatable bonds is 4. The zero-order valence-electron chi connectivity index (χ0n) is 8.27. The van der Waals surface area contributed by atoms with Gasteiger partial charge < -0.3 is 11.1 Å². The molecule has 1 aliphatic rings. The molecule has 3 N–H and O–H groups in total. The van der Waals surface area contributed by atoms with Crippen LogP contribution in [0.25, 0.3) is 0 Å². The summed E-state index contributed by atoms with van der Waals surface area (Å²) in [5, 5.41) is 13.9. The minimum absolute atomic E-state index is 0.0156. The van der Waals surface area contributed by atoms with Gasteiger partial charge in [0.25, 0.3) is 0 Å². The van der Waals surface area contributed by atoms with Crippen molar-refractivity contribution in [3.8, 4) is 0 Å². The van der Waals surface area contributed by atoms with Crippen molar-refractivity contribution in [2.45, 2.75) is 12.8 Å². The van der Waals surface area contributed by atoms with Crippen LogP contribution in [0.2, 0.25) is 0 Å². The molecular formula is C10H13N3O2. The van der Waals surface area contributed by atoms with E-state index < -0.39 is 4.92 Å². The van der Waals surface area contributed by atoms with Crippen molar-refractivity contribution in [1.82, 2.24) is 0 Å². The lowest BCUT2D eigenvalue weighted by Crippen LogP contribution is -2.07. The molecule has 0 bridgehead atoms. The molecular weight excluding hydrogens is 194 g/mol. The van der Waals surface area contributed by atoms with E-state index in [-0.39, 0.29) is 11.4 Å². The van der Waals surface area contributed by atoms with Gasteiger partial charge in [0.1, 0.15) is 11.4 Å². The van der Waals surface area contributed by atoms with Gasteiger partial charge in [-0.2, -0.15) is 0 Å². The molecule has 1 fully saturated rings. The van der Waals surface area contributed by atoms with Gasteiger partial charge in [0, 0.05) is 6.54 Å². The van der Waals surface area contributed by atoms with Crippen molar-refractivity contribution in [3.63, 3.8) is 0 Å². The van der Waals surface area contributed by atoms with Crippen LogP contribution in [-0.4, -0.2) is 11.5 Å². The maximum Gasteiger partial charge on any atom is 0.314 e. The van der Waals surface area contributed by atoms with Crippen molar-refractivity contribution in [2.24, 2.45) is 5.92 Å². The second-order valence-corrected chi connectivity index (χ2v) is 3.82. The van der Waals surface area contributed by atoms with E-state index in [9.17, 15) is 10.1 Å². The Kier molecular flexibility index (Phi) is 2.45. The Balaban J connectivity index is 2.19. The minimum atomic E-state index is -0.440. The van der Waals surface area contributed by atoms with Gasteiger partial charge in [-0.15, -0.1) is 0 Å². The predicted molar refractivity (Wildman–Crippen MR) is 58.7 cm³/mol. The quantitative estimate of drug-likeness (QED) is 0.449. The molecule has 0 aliphatic heterocycles. The number of nitro benzene ring substituents is 1. The van der Waals surface area contributed by atoms with Gasteiger partial charge in [-0.1, -0.05) is 6.07 Å². The number of para-hydroxylation sites is 1. The lowest BCUT2D eigenvalue weighted by molar-refractivity contribution is -0.383. The molecule has 0 spiro atoms. The molecule has 1 aromatic carbocycles. The van der Waals surface area contributed by atoms with Crippen LogP contribution in [0.3, 0.4) is 0 Å². The predicted octanol–water partition coefficient (Wildman–Crippen LogP) is 2.00. The summed E-state index contributed by atoms with van der Waals surface area (Å²) in [7, 11) is 0. The molecule has 0 heterocycles. The van der Waals surface area contributed by atoms with Crippen LogP contribution in [0.5, 0.6) is 0 Å². The highest BCUT2D eigenvalue weighted by atomic mass is 16.6. The second-order valence-electron chi connectivity index (χ2n) is 3.82. The van der Waals surface area contributed by atoms with Gasteiger partial charge in [-0.3, -0.25) is 10.1 Å². The molecule has 0 atom stereocenters. The summed E-state index contributed by atoms with van der Waals surface area (Å²) < 4.78 is 0. The summed E-state index contributed by atoms with van der Waals surface area (Å²) in [6.45, 7) is 0.796. The lowest BCUT2D eigenvalue weighted by atomic mass is 10.2. The van der Waals surface area contributed by atoms with Crippen LogP contribution < -0.4 is 11.1 Å². The third-order valence-electron chi connectivity index (χ3n) is 2.53. The fourth-order valence-corrected chi connectivity index (χ4v) is 1.48. The van der Waals surface area contributed by atoms with E-state index in [0.717, 1.165) is 6.54 Å². The van der Waals surface area contributed by atoms with Gasteiger partial charge in [0.15, 0.2) is 0 Å². The topological polar surface area (TPSA) is 81.2 Å². The van der Waals surface area contributed by atoms with Gasteiger partial charge in [-0.25, -0.2) is 0 Å². The Hall–Kier alpha value is -1.78. The number of hydrogen-bond acceptors (Lipinski definition) is 4. The lowest BCUT2D eigenvalue weighted by Gasteiger charge is -2.07. The average molecular weight is 207 g/mol. The molecule has 1 aliphatic carbocycles. The van der Waals surface area contributed by atoms with Gasteiger partial charge >= 0.3 is 5.69 Å². The number of hydrogen-bond donors (Lipinski definition) is 2. The van der Waals surface area contributed by atoms with Gasteiger partial charge in [-0.05, 0) is 30.9 Å². The van der Waals surface area contributed by atoms with E-state index in [1.807, 2.05) is 0 Å². The summed E-state index contributed by atoms with van der Waals surface area (Å²) in [6.07, 6.45) is 2.42. The zero-order chi connectivity index (χ0) is 10.8. The van der Waals surface area contributed by atoms with Crippen LogP contribution in [0.15, 0.2) is 18.2 Å². The van der Waals surface area contributed by atoms with E-state index in [1.54, 1.807) is 18.2 Å². The number of nitrogen functional groups attached to an aromatic ring is 1. The highest BCUT2D eigenvalue weighted by molar-refractivity contribution is 5.74. The van der Waals surface area contributed by atoms with E-state index in [0.29, 0.717) is 11.6 Å². The number of nitrogens with two attached hydrogens (primary N) is 1. The van der Waals surface area contributed by atoms with Crippen molar-refractivity contribution < 1.29 is 4.92 Å². The molecule has 80 valence electrons. The van der Waals surface area contributed by atoms with Crippen molar-refractivity contribution >= 4 is 17.1 Å². The van der Waals surface area contributed by atoms with Crippen LogP contribution in [0, 0.1) is 16.0 Å². The highest BCUT2D eigenvalue weighted by Gasteiger charge is 2.23. The fourth-order valence-electron chi connectivity index (χ4n) is 1.48. The van der Waals surface area contributed by atoms with Gasteiger partial charge in [0.2, 0.25) is 0 Å². The Morgan fingerprint density at radius 3 is 2.87 bits per heavy atom. The maximum atomic E-state index is 10.8. The summed E-state index contributed by atoms with van der Waals surface area (Å²) >= 11 is 0. The van der Waals surface area contributed by atoms with Crippen LogP contribution in [0.4, 0.5) is 17.1 Å². The van der Waals surface area contributed by atoms with Crippen LogP contribution in [-0.2, 0) is 0 Å². The number of nitro groups is 1. The Labute approximate surface area is 87.4 Å². The number of nitrogens with one attached hydrogen (secondary N) is 1. The van der Waals surface area contributed by atoms with E-state index in [2.05, 4.69) is 5.32 Å². The zero-order valence-corrected chi connectivity index (χ0v) is 8.27. The number of nitrogens with zero attached hydrogens (tertiary/aromatic N) is 1. The minimum Gasteiger partial charge on any atom is -0.393 e. The smallest absolute Gasteiger partial charge is 0.314 e. The van der Waals surface area contributed by atoms with Crippen molar-refractivity contribution in [3.05, 3.63) is 28.3 Å². The highest BCUT2D eigenvalue weighted by Crippen LogP contribution is 2.33. The number of benzene rings is 1. The van der Waals surface area contributed by atoms with Crippen LogP contribution >= 0.6 is 0 Å². The first-order chi connectivity index (χ1) is 7.18. The first-order valence-corrected chi connectivity index (χ1v) is 4.95. The fraction of sp³-hybridized carbons (Fsp3) is 0.400. The molecule has 2 rings (SSSR count). The van der Waals surface area contributed by atoms with Crippen molar-refractivity contribution in [2.75, 3.05) is 17.6 Å². The molecule has 15 heavy (non-hydrogen) atoms. The SMILES string of the molecule is Nc1cccc(NCC2CC2)c1[N+](=O)[O-]. The molecule has 0 radical (unpaired) electrons. The average Bonchev–Trinajstić information content (AvgIpc) is 2.97. The molecule has 1 saturated carbocycles. The van der Waals surface area contributed by atoms with Crippen molar-refractivity contribution in [1.29, 1.82) is 0 Å². The maximum absolute atomic E-state index is 10.8. The third kappa shape index (κ3) is 2.18. The normalized spacial score (nSPS) is 14.9. The Morgan fingerprint density at radius 2 is 2.27 bits per heavy atom.